The Labute approximate surface area is 194 Å². The summed E-state index contributed by atoms with van der Waals surface area (Å²) in [5, 5.41) is 17.3. The number of nitrogens with zero attached hydrogens (tertiary/aromatic N) is 3. The highest BCUT2D eigenvalue weighted by Crippen LogP contribution is 2.28. The van der Waals surface area contributed by atoms with E-state index in [1.54, 1.807) is 12.1 Å². The van der Waals surface area contributed by atoms with Gasteiger partial charge in [-0.3, -0.25) is 0 Å². The van der Waals surface area contributed by atoms with E-state index in [-0.39, 0.29) is 4.90 Å². The molecule has 5 N–H and O–H groups in total. The lowest BCUT2D eigenvalue weighted by Gasteiger charge is -2.04. The first-order valence-corrected chi connectivity index (χ1v) is 12.0. The Morgan fingerprint density at radius 2 is 1.79 bits per heavy atom. The van der Waals surface area contributed by atoms with Crippen LogP contribution in [0.3, 0.4) is 0 Å². The van der Waals surface area contributed by atoms with E-state index >= 15 is 0 Å². The molecule has 0 atom stereocenters. The molecule has 0 aliphatic heterocycles. The van der Waals surface area contributed by atoms with E-state index in [1.807, 2.05) is 35.7 Å². The number of nitrogens with one attached hydrogen (secondary N) is 1. The van der Waals surface area contributed by atoms with Crippen molar-refractivity contribution in [1.82, 2.24) is 4.98 Å². The van der Waals surface area contributed by atoms with Crippen molar-refractivity contribution in [1.29, 1.82) is 5.26 Å². The Kier molecular flexibility index (Phi) is 6.08. The summed E-state index contributed by atoms with van der Waals surface area (Å²) in [7, 11) is -3.96. The van der Waals surface area contributed by atoms with E-state index in [2.05, 4.69) is 32.9 Å². The smallest absolute Gasteiger partial charge is 0.285 e. The van der Waals surface area contributed by atoms with Crippen molar-refractivity contribution in [2.24, 2.45) is 15.9 Å². The van der Waals surface area contributed by atoms with Crippen LogP contribution in [0.4, 0.5) is 5.69 Å². The van der Waals surface area contributed by atoms with Gasteiger partial charge in [0.25, 0.3) is 10.0 Å². The van der Waals surface area contributed by atoms with Crippen molar-refractivity contribution < 1.29 is 8.42 Å². The Hall–Kier alpha value is -4.20. The van der Waals surface area contributed by atoms with Gasteiger partial charge in [-0.1, -0.05) is 36.4 Å². The molecule has 0 aliphatic carbocycles. The molecular formula is C23H18N6O2S2. The number of hydrogen-bond acceptors (Lipinski definition) is 6. The molecule has 0 saturated carbocycles. The van der Waals surface area contributed by atoms with Crippen LogP contribution < -0.4 is 16.8 Å². The number of aromatic nitrogens is 1. The zero-order valence-electron chi connectivity index (χ0n) is 17.1. The third-order valence-corrected chi connectivity index (χ3v) is 6.86. The molecule has 3 aromatic carbocycles. The number of allylic oxidation sites excluding steroid dienone is 1. The largest absolute Gasteiger partial charge is 0.369 e. The highest BCUT2D eigenvalue weighted by molar-refractivity contribution is 7.90. The fourth-order valence-corrected chi connectivity index (χ4v) is 4.75. The molecule has 10 heteroatoms. The van der Waals surface area contributed by atoms with Gasteiger partial charge < -0.3 is 16.8 Å². The molecule has 0 amide bonds. The number of thiazole rings is 1. The quantitative estimate of drug-likeness (QED) is 0.218. The Bertz CT molecular complexity index is 1530. The summed E-state index contributed by atoms with van der Waals surface area (Å²) in [6.45, 7) is 0. The van der Waals surface area contributed by atoms with Gasteiger partial charge in [0.2, 0.25) is 5.96 Å². The van der Waals surface area contributed by atoms with Gasteiger partial charge in [-0.15, -0.1) is 15.7 Å². The molecule has 1 heterocycles. The van der Waals surface area contributed by atoms with Crippen molar-refractivity contribution >= 4 is 49.4 Å². The van der Waals surface area contributed by atoms with Gasteiger partial charge in [-0.25, -0.2) is 4.98 Å². The molecule has 0 unspecified atom stereocenters. The van der Waals surface area contributed by atoms with Crippen molar-refractivity contribution in [3.63, 3.8) is 0 Å². The van der Waals surface area contributed by atoms with Crippen molar-refractivity contribution in [2.75, 3.05) is 5.32 Å². The predicted molar refractivity (Wildman–Crippen MR) is 132 cm³/mol. The fourth-order valence-electron chi connectivity index (χ4n) is 3.09. The van der Waals surface area contributed by atoms with Gasteiger partial charge >= 0.3 is 0 Å². The van der Waals surface area contributed by atoms with E-state index in [9.17, 15) is 13.7 Å². The number of rotatable bonds is 6. The summed E-state index contributed by atoms with van der Waals surface area (Å²) in [5.74, 6) is -0.537. The van der Waals surface area contributed by atoms with E-state index < -0.39 is 16.0 Å². The average molecular weight is 475 g/mol. The first-order valence-electron chi connectivity index (χ1n) is 9.63. The van der Waals surface area contributed by atoms with Gasteiger partial charge in [0, 0.05) is 22.8 Å². The Morgan fingerprint density at radius 3 is 2.48 bits per heavy atom. The van der Waals surface area contributed by atoms with Crippen LogP contribution in [-0.2, 0) is 10.0 Å². The van der Waals surface area contributed by atoms with E-state index in [0.29, 0.717) is 16.3 Å². The number of benzene rings is 3. The summed E-state index contributed by atoms with van der Waals surface area (Å²) in [6, 6.07) is 22.2. The molecule has 0 radical (unpaired) electrons. The number of nitriles is 1. The molecule has 0 fully saturated rings. The molecule has 0 bridgehead atoms. The summed E-state index contributed by atoms with van der Waals surface area (Å²) in [4.78, 5) is 4.56. The van der Waals surface area contributed by atoms with Crippen molar-refractivity contribution in [3.8, 4) is 17.3 Å². The van der Waals surface area contributed by atoms with Crippen LogP contribution in [0.5, 0.6) is 0 Å². The first-order chi connectivity index (χ1) is 15.9. The lowest BCUT2D eigenvalue weighted by Crippen LogP contribution is -2.24. The molecule has 1 aromatic heterocycles. The minimum atomic E-state index is -3.96. The van der Waals surface area contributed by atoms with Crippen LogP contribution in [0.2, 0.25) is 0 Å². The van der Waals surface area contributed by atoms with E-state index in [0.717, 1.165) is 22.0 Å². The third-order valence-electron chi connectivity index (χ3n) is 4.66. The van der Waals surface area contributed by atoms with Gasteiger partial charge in [-0.2, -0.15) is 13.7 Å². The van der Waals surface area contributed by atoms with Gasteiger partial charge in [0.1, 0.15) is 16.6 Å². The van der Waals surface area contributed by atoms with Crippen molar-refractivity contribution in [2.45, 2.75) is 4.90 Å². The third kappa shape index (κ3) is 5.01. The van der Waals surface area contributed by atoms with E-state index in [4.69, 9.17) is 11.5 Å². The van der Waals surface area contributed by atoms with Crippen LogP contribution in [0.15, 0.2) is 87.6 Å². The van der Waals surface area contributed by atoms with Crippen LogP contribution >= 0.6 is 11.3 Å². The topological polar surface area (TPSA) is 147 Å². The molecular weight excluding hydrogens is 456 g/mol. The first kappa shape index (κ1) is 22.0. The number of fused-ring (bicyclic) bond motifs is 1. The lowest BCUT2D eigenvalue weighted by atomic mass is 10.1. The van der Waals surface area contributed by atoms with Gasteiger partial charge in [0.05, 0.1) is 10.6 Å². The highest BCUT2D eigenvalue weighted by Gasteiger charge is 2.13. The molecule has 33 heavy (non-hydrogen) atoms. The Morgan fingerprint density at radius 1 is 1.06 bits per heavy atom. The summed E-state index contributed by atoms with van der Waals surface area (Å²) in [5.41, 5.74) is 13.0. The van der Waals surface area contributed by atoms with Crippen LogP contribution in [0, 0.1) is 11.3 Å². The van der Waals surface area contributed by atoms with Gasteiger partial charge in [-0.05, 0) is 41.1 Å². The maximum atomic E-state index is 12.0. The summed E-state index contributed by atoms with van der Waals surface area (Å²) in [6.07, 6.45) is 1.53. The maximum Gasteiger partial charge on any atom is 0.285 e. The second-order valence-corrected chi connectivity index (χ2v) is 9.39. The number of sulfonamides is 1. The number of guanidine groups is 1. The normalized spacial score (nSPS) is 11.7. The second-order valence-electron chi connectivity index (χ2n) is 6.93. The van der Waals surface area contributed by atoms with Crippen LogP contribution in [0.1, 0.15) is 5.01 Å². The zero-order chi connectivity index (χ0) is 23.4. The second kappa shape index (κ2) is 9.12. The standard InChI is InChI=1S/C23H18N6O2S2/c24-12-18(13-27-19-7-9-20(10-8-19)33(30,31)29-23(25)26)22-28-21(14-32-22)17-6-5-15-3-1-2-4-16(15)11-17/h1-11,13-14,27H,(H4,25,26,29). The highest BCUT2D eigenvalue weighted by atomic mass is 32.2. The number of hydrogen-bond donors (Lipinski definition) is 3. The molecule has 4 rings (SSSR count). The minimum absolute atomic E-state index is 0.0501. The van der Waals surface area contributed by atoms with Crippen LogP contribution in [0.25, 0.3) is 27.6 Å². The number of anilines is 1. The molecule has 8 nitrogen and oxygen atoms in total. The van der Waals surface area contributed by atoms with E-state index in [1.165, 1.54) is 29.7 Å². The SMILES string of the molecule is N#CC(=CNc1ccc(S(=O)(=O)N=C(N)N)cc1)c1nc(-c2ccc3ccccc3c2)cs1. The predicted octanol–water partition coefficient (Wildman–Crippen LogP) is 3.90. The van der Waals surface area contributed by atoms with Gasteiger partial charge in [0.15, 0.2) is 0 Å². The lowest BCUT2D eigenvalue weighted by molar-refractivity contribution is 0.598. The molecule has 4 aromatic rings. The average Bonchev–Trinajstić information content (AvgIpc) is 3.29. The Balaban J connectivity index is 1.53. The molecule has 164 valence electrons. The van der Waals surface area contributed by atoms with Crippen molar-refractivity contribution in [3.05, 3.63) is 83.3 Å². The summed E-state index contributed by atoms with van der Waals surface area (Å²) < 4.78 is 27.3. The molecule has 0 aliphatic rings. The maximum absolute atomic E-state index is 12.0. The molecule has 0 spiro atoms. The number of nitrogens with two attached hydrogens (primary N) is 2. The fraction of sp³-hybridized carbons (Fsp3) is 0. The molecule has 0 saturated heterocycles. The van der Waals surface area contributed by atoms with Crippen LogP contribution in [-0.4, -0.2) is 19.4 Å². The minimum Gasteiger partial charge on any atom is -0.369 e. The zero-order valence-corrected chi connectivity index (χ0v) is 18.8. The summed E-state index contributed by atoms with van der Waals surface area (Å²) >= 11 is 1.37. The monoisotopic (exact) mass is 474 g/mol.